The maximum atomic E-state index is 6.23. The Hall–Kier alpha value is -4.01. The highest BCUT2D eigenvalue weighted by Gasteiger charge is 2.17. The first-order valence-electron chi connectivity index (χ1n) is 14.3. The molecule has 0 radical (unpaired) electrons. The molecule has 5 rings (SSSR count). The molecule has 202 valence electrons. The number of benzene rings is 5. The minimum atomic E-state index is 0.136. The molecule has 0 unspecified atom stereocenters. The third-order valence-corrected chi connectivity index (χ3v) is 7.57. The van der Waals surface area contributed by atoms with Crippen LogP contribution in [-0.2, 0) is 12.8 Å². The number of halogens is 1. The standard InChI is InChI=1S/C37H37ClN2/c38-34-21-15-31(16-22-34)37(32-17-23-35(24-18-32)39-27-7-13-29-9-3-1-4-10-29)33-19-25-36(26-20-33)40-28-8-14-30-11-5-2-6-12-30/h1-6,9-12,15-26,37,39-40H,7-8,13-14,27-28H2. The molecule has 2 nitrogen and oxygen atoms in total. The molecule has 0 spiro atoms. The molecule has 0 aliphatic heterocycles. The van der Waals surface area contributed by atoms with Gasteiger partial charge in [0.2, 0.25) is 0 Å². The monoisotopic (exact) mass is 544 g/mol. The van der Waals surface area contributed by atoms with Crippen molar-refractivity contribution < 1.29 is 0 Å². The van der Waals surface area contributed by atoms with E-state index in [0.717, 1.165) is 55.2 Å². The SMILES string of the molecule is Clc1ccc(C(c2ccc(NCCCc3ccccc3)cc2)c2ccc(NCCCc3ccccc3)cc2)cc1. The van der Waals surface area contributed by atoms with E-state index in [1.165, 1.54) is 27.8 Å². The first-order chi connectivity index (χ1) is 19.7. The quantitative estimate of drug-likeness (QED) is 0.114. The van der Waals surface area contributed by atoms with Crippen LogP contribution in [0.2, 0.25) is 5.02 Å². The molecule has 0 aliphatic rings. The van der Waals surface area contributed by atoms with Crippen LogP contribution < -0.4 is 10.6 Å². The fourth-order valence-electron chi connectivity index (χ4n) is 5.16. The summed E-state index contributed by atoms with van der Waals surface area (Å²) in [5.41, 5.74) is 8.85. The molecule has 0 aliphatic carbocycles. The van der Waals surface area contributed by atoms with Crippen LogP contribution in [0.15, 0.2) is 133 Å². The average Bonchev–Trinajstić information content (AvgIpc) is 3.01. The summed E-state index contributed by atoms with van der Waals surface area (Å²) in [4.78, 5) is 0. The summed E-state index contributed by atoms with van der Waals surface area (Å²) in [5, 5.41) is 7.93. The molecule has 0 heterocycles. The number of nitrogens with one attached hydrogen (secondary N) is 2. The van der Waals surface area contributed by atoms with E-state index in [2.05, 4.69) is 132 Å². The van der Waals surface area contributed by atoms with Crippen LogP contribution in [0.3, 0.4) is 0 Å². The Bertz CT molecular complexity index is 1320. The Morgan fingerprint density at radius 1 is 0.450 bits per heavy atom. The lowest BCUT2D eigenvalue weighted by Crippen LogP contribution is -2.06. The molecule has 3 heteroatoms. The van der Waals surface area contributed by atoms with Gasteiger partial charge >= 0.3 is 0 Å². The summed E-state index contributed by atoms with van der Waals surface area (Å²) < 4.78 is 0. The van der Waals surface area contributed by atoms with E-state index < -0.39 is 0 Å². The Morgan fingerprint density at radius 2 is 0.825 bits per heavy atom. The van der Waals surface area contributed by atoms with E-state index in [-0.39, 0.29) is 5.92 Å². The Labute approximate surface area is 244 Å². The Kier molecular flexibility index (Phi) is 9.92. The second kappa shape index (κ2) is 14.4. The summed E-state index contributed by atoms with van der Waals surface area (Å²) in [6.07, 6.45) is 4.38. The number of hydrogen-bond donors (Lipinski definition) is 2. The van der Waals surface area contributed by atoms with Crippen LogP contribution in [-0.4, -0.2) is 13.1 Å². The van der Waals surface area contributed by atoms with Crippen LogP contribution >= 0.6 is 11.6 Å². The number of rotatable bonds is 13. The van der Waals surface area contributed by atoms with Crippen molar-refractivity contribution in [1.82, 2.24) is 0 Å². The zero-order valence-corrected chi connectivity index (χ0v) is 23.7. The summed E-state index contributed by atoms with van der Waals surface area (Å²) in [7, 11) is 0. The average molecular weight is 545 g/mol. The van der Waals surface area contributed by atoms with Crippen molar-refractivity contribution in [2.24, 2.45) is 0 Å². The van der Waals surface area contributed by atoms with Gasteiger partial charge in [-0.25, -0.2) is 0 Å². The van der Waals surface area contributed by atoms with Gasteiger partial charge in [0.25, 0.3) is 0 Å². The predicted molar refractivity (Wildman–Crippen MR) is 172 cm³/mol. The second-order valence-electron chi connectivity index (χ2n) is 10.3. The van der Waals surface area contributed by atoms with Gasteiger partial charge in [0.05, 0.1) is 0 Å². The largest absolute Gasteiger partial charge is 0.385 e. The molecule has 5 aromatic carbocycles. The van der Waals surface area contributed by atoms with Crippen LogP contribution in [0.25, 0.3) is 0 Å². The van der Waals surface area contributed by atoms with Gasteiger partial charge in [0, 0.05) is 35.4 Å². The lowest BCUT2D eigenvalue weighted by Gasteiger charge is -2.20. The van der Waals surface area contributed by atoms with Crippen molar-refractivity contribution in [2.75, 3.05) is 23.7 Å². The van der Waals surface area contributed by atoms with Gasteiger partial charge in [-0.15, -0.1) is 0 Å². The molecule has 40 heavy (non-hydrogen) atoms. The van der Waals surface area contributed by atoms with Crippen molar-refractivity contribution in [2.45, 2.75) is 31.6 Å². The van der Waals surface area contributed by atoms with E-state index in [4.69, 9.17) is 11.6 Å². The maximum absolute atomic E-state index is 6.23. The Morgan fingerprint density at radius 3 is 1.23 bits per heavy atom. The third kappa shape index (κ3) is 8.00. The van der Waals surface area contributed by atoms with Gasteiger partial charge in [-0.1, -0.05) is 109 Å². The lowest BCUT2D eigenvalue weighted by molar-refractivity contribution is 0.862. The van der Waals surface area contributed by atoms with E-state index >= 15 is 0 Å². The highest BCUT2D eigenvalue weighted by molar-refractivity contribution is 6.30. The third-order valence-electron chi connectivity index (χ3n) is 7.32. The molecule has 0 saturated carbocycles. The van der Waals surface area contributed by atoms with Crippen LogP contribution in [0, 0.1) is 0 Å². The fourth-order valence-corrected chi connectivity index (χ4v) is 5.29. The molecular formula is C37H37ClN2. The fraction of sp³-hybridized carbons (Fsp3) is 0.189. The molecule has 0 amide bonds. The molecule has 0 aromatic heterocycles. The number of hydrogen-bond acceptors (Lipinski definition) is 2. The van der Waals surface area contributed by atoms with E-state index in [9.17, 15) is 0 Å². The summed E-state index contributed by atoms with van der Waals surface area (Å²) >= 11 is 6.23. The van der Waals surface area contributed by atoms with Gasteiger partial charge in [-0.2, -0.15) is 0 Å². The summed E-state index contributed by atoms with van der Waals surface area (Å²) in [5.74, 6) is 0.136. The van der Waals surface area contributed by atoms with Gasteiger partial charge < -0.3 is 10.6 Å². The van der Waals surface area contributed by atoms with Crippen LogP contribution in [0.5, 0.6) is 0 Å². The van der Waals surface area contributed by atoms with Gasteiger partial charge in [-0.05, 0) is 89.9 Å². The molecular weight excluding hydrogens is 508 g/mol. The predicted octanol–water partition coefficient (Wildman–Crippen LogP) is 9.61. The van der Waals surface area contributed by atoms with Crippen LogP contribution in [0.1, 0.15) is 46.6 Å². The molecule has 5 aromatic rings. The van der Waals surface area contributed by atoms with Gasteiger partial charge in [0.1, 0.15) is 0 Å². The Balaban J connectivity index is 1.22. The summed E-state index contributed by atoms with van der Waals surface area (Å²) in [6, 6.07) is 47.4. The van der Waals surface area contributed by atoms with Crippen LogP contribution in [0.4, 0.5) is 11.4 Å². The summed E-state index contributed by atoms with van der Waals surface area (Å²) in [6.45, 7) is 1.91. The van der Waals surface area contributed by atoms with Crippen molar-refractivity contribution in [1.29, 1.82) is 0 Å². The number of aryl methyl sites for hydroxylation is 2. The van der Waals surface area contributed by atoms with Crippen molar-refractivity contribution in [3.8, 4) is 0 Å². The maximum Gasteiger partial charge on any atom is 0.0406 e. The minimum Gasteiger partial charge on any atom is -0.385 e. The van der Waals surface area contributed by atoms with E-state index in [1.807, 2.05) is 12.1 Å². The first-order valence-corrected chi connectivity index (χ1v) is 14.6. The van der Waals surface area contributed by atoms with E-state index in [0.29, 0.717) is 0 Å². The second-order valence-corrected chi connectivity index (χ2v) is 10.7. The zero-order chi connectivity index (χ0) is 27.4. The van der Waals surface area contributed by atoms with Crippen molar-refractivity contribution in [3.05, 3.63) is 166 Å². The van der Waals surface area contributed by atoms with Crippen molar-refractivity contribution in [3.63, 3.8) is 0 Å². The van der Waals surface area contributed by atoms with Gasteiger partial charge in [0.15, 0.2) is 0 Å². The van der Waals surface area contributed by atoms with Crippen molar-refractivity contribution >= 4 is 23.0 Å². The van der Waals surface area contributed by atoms with E-state index in [1.54, 1.807) is 0 Å². The smallest absolute Gasteiger partial charge is 0.0406 e. The highest BCUT2D eigenvalue weighted by atomic mass is 35.5. The first kappa shape index (κ1) is 27.6. The zero-order valence-electron chi connectivity index (χ0n) is 22.9. The van der Waals surface area contributed by atoms with Gasteiger partial charge in [-0.3, -0.25) is 0 Å². The minimum absolute atomic E-state index is 0.136. The normalized spacial score (nSPS) is 10.9. The lowest BCUT2D eigenvalue weighted by atomic mass is 9.85. The highest BCUT2D eigenvalue weighted by Crippen LogP contribution is 2.34. The molecule has 0 saturated heterocycles. The molecule has 2 N–H and O–H groups in total. The number of anilines is 2. The topological polar surface area (TPSA) is 24.1 Å². The molecule has 0 bridgehead atoms. The molecule has 0 atom stereocenters. The molecule has 0 fully saturated rings.